The van der Waals surface area contributed by atoms with Crippen LogP contribution in [0, 0.1) is 0 Å². The van der Waals surface area contributed by atoms with Crippen LogP contribution in [0.4, 0.5) is 0 Å². The van der Waals surface area contributed by atoms with Crippen LogP contribution in [0.15, 0.2) is 54.6 Å². The molecule has 0 aliphatic rings. The Kier molecular flexibility index (Phi) is 4.75. The highest BCUT2D eigenvalue weighted by Gasteiger charge is 2.17. The molecule has 0 saturated heterocycles. The summed E-state index contributed by atoms with van der Waals surface area (Å²) in [5.74, 6) is 0.355. The fraction of sp³-hybridized carbons (Fsp3) is 0.235. The summed E-state index contributed by atoms with van der Waals surface area (Å²) in [6, 6.07) is 17.2. The van der Waals surface area contributed by atoms with E-state index < -0.39 is 0 Å². The van der Waals surface area contributed by atoms with Crippen molar-refractivity contribution in [2.45, 2.75) is 25.7 Å². The predicted octanol–water partition coefficient (Wildman–Crippen LogP) is 5.11. The van der Waals surface area contributed by atoms with Crippen molar-refractivity contribution in [3.8, 4) is 0 Å². The third kappa shape index (κ3) is 3.45. The normalized spacial score (nSPS) is 12.1. The SMILES string of the molecule is CCC(CC(=O)c1ccccc1)c1ccccc1Cl. The molecule has 0 N–H and O–H groups in total. The average molecular weight is 273 g/mol. The summed E-state index contributed by atoms with van der Waals surface area (Å²) >= 11 is 6.22. The van der Waals surface area contributed by atoms with Crippen molar-refractivity contribution >= 4 is 17.4 Å². The van der Waals surface area contributed by atoms with Crippen LogP contribution in [0.3, 0.4) is 0 Å². The van der Waals surface area contributed by atoms with Gasteiger partial charge in [-0.2, -0.15) is 0 Å². The van der Waals surface area contributed by atoms with Gasteiger partial charge in [0.1, 0.15) is 0 Å². The molecule has 1 nitrogen and oxygen atoms in total. The predicted molar refractivity (Wildman–Crippen MR) is 79.9 cm³/mol. The second-order valence-corrected chi connectivity index (χ2v) is 5.03. The van der Waals surface area contributed by atoms with E-state index in [1.807, 2.05) is 54.6 Å². The topological polar surface area (TPSA) is 17.1 Å². The maximum atomic E-state index is 12.3. The van der Waals surface area contributed by atoms with E-state index in [1.165, 1.54) is 0 Å². The number of benzene rings is 2. The molecule has 98 valence electrons. The molecule has 0 radical (unpaired) electrons. The molecule has 0 aliphatic heterocycles. The fourth-order valence-corrected chi connectivity index (χ4v) is 2.54. The highest BCUT2D eigenvalue weighted by Crippen LogP contribution is 2.30. The molecule has 0 aliphatic carbocycles. The van der Waals surface area contributed by atoms with Gasteiger partial charge in [0.05, 0.1) is 0 Å². The van der Waals surface area contributed by atoms with Gasteiger partial charge in [0.15, 0.2) is 5.78 Å². The van der Waals surface area contributed by atoms with Gasteiger partial charge in [-0.15, -0.1) is 0 Å². The zero-order valence-corrected chi connectivity index (χ0v) is 11.7. The molecule has 0 bridgehead atoms. The number of hydrogen-bond acceptors (Lipinski definition) is 1. The minimum Gasteiger partial charge on any atom is -0.294 e. The van der Waals surface area contributed by atoms with Crippen molar-refractivity contribution in [3.05, 3.63) is 70.7 Å². The van der Waals surface area contributed by atoms with Gasteiger partial charge in [-0.1, -0.05) is 67.1 Å². The van der Waals surface area contributed by atoms with Crippen LogP contribution in [0.25, 0.3) is 0 Å². The van der Waals surface area contributed by atoms with Crippen LogP contribution in [-0.4, -0.2) is 5.78 Å². The monoisotopic (exact) mass is 272 g/mol. The van der Waals surface area contributed by atoms with Crippen LogP contribution >= 0.6 is 11.6 Å². The molecule has 2 rings (SSSR count). The van der Waals surface area contributed by atoms with E-state index in [2.05, 4.69) is 6.92 Å². The van der Waals surface area contributed by atoms with Gasteiger partial charge in [0.2, 0.25) is 0 Å². The summed E-state index contributed by atoms with van der Waals surface area (Å²) in [6.07, 6.45) is 1.41. The minimum absolute atomic E-state index is 0.173. The Morgan fingerprint density at radius 2 is 1.68 bits per heavy atom. The first-order chi connectivity index (χ1) is 9.22. The first kappa shape index (κ1) is 13.8. The van der Waals surface area contributed by atoms with Crippen LogP contribution in [0.1, 0.15) is 41.6 Å². The molecule has 0 spiro atoms. The van der Waals surface area contributed by atoms with Crippen LogP contribution in [0.5, 0.6) is 0 Å². The maximum Gasteiger partial charge on any atom is 0.163 e. The van der Waals surface area contributed by atoms with Crippen molar-refractivity contribution in [3.63, 3.8) is 0 Å². The molecule has 0 aromatic heterocycles. The second kappa shape index (κ2) is 6.53. The van der Waals surface area contributed by atoms with E-state index in [0.717, 1.165) is 22.6 Å². The van der Waals surface area contributed by atoms with Crippen LogP contribution < -0.4 is 0 Å². The van der Waals surface area contributed by atoms with Crippen molar-refractivity contribution < 1.29 is 4.79 Å². The van der Waals surface area contributed by atoms with E-state index in [1.54, 1.807) is 0 Å². The van der Waals surface area contributed by atoms with Crippen molar-refractivity contribution in [1.82, 2.24) is 0 Å². The zero-order valence-electron chi connectivity index (χ0n) is 11.0. The van der Waals surface area contributed by atoms with E-state index in [0.29, 0.717) is 6.42 Å². The van der Waals surface area contributed by atoms with Gasteiger partial charge in [0, 0.05) is 17.0 Å². The first-order valence-electron chi connectivity index (χ1n) is 6.55. The summed E-state index contributed by atoms with van der Waals surface area (Å²) in [5.41, 5.74) is 1.84. The average Bonchev–Trinajstić information content (AvgIpc) is 2.46. The molecule has 2 aromatic carbocycles. The molecule has 0 amide bonds. The molecule has 2 aromatic rings. The Morgan fingerprint density at radius 3 is 2.32 bits per heavy atom. The number of carbonyl (C=O) groups is 1. The number of Topliss-reactive ketones (excluding diaryl/α,β-unsaturated/α-hetero) is 1. The number of halogens is 1. The number of rotatable bonds is 5. The van der Waals surface area contributed by atoms with Gasteiger partial charge in [-0.05, 0) is 24.0 Å². The summed E-state index contributed by atoms with van der Waals surface area (Å²) in [5, 5.41) is 0.746. The smallest absolute Gasteiger partial charge is 0.163 e. The van der Waals surface area contributed by atoms with Crippen LogP contribution in [0.2, 0.25) is 5.02 Å². The Bertz CT molecular complexity index is 548. The van der Waals surface area contributed by atoms with E-state index >= 15 is 0 Å². The third-order valence-electron chi connectivity index (χ3n) is 3.37. The molecule has 2 heteroatoms. The third-order valence-corrected chi connectivity index (χ3v) is 3.71. The van der Waals surface area contributed by atoms with Crippen molar-refractivity contribution in [1.29, 1.82) is 0 Å². The van der Waals surface area contributed by atoms with Gasteiger partial charge in [-0.3, -0.25) is 4.79 Å². The van der Waals surface area contributed by atoms with E-state index in [4.69, 9.17) is 11.6 Å². The number of hydrogen-bond donors (Lipinski definition) is 0. The molecule has 0 fully saturated rings. The number of ketones is 1. The first-order valence-corrected chi connectivity index (χ1v) is 6.92. The summed E-state index contributed by atoms with van der Waals surface area (Å²) in [4.78, 5) is 12.3. The lowest BCUT2D eigenvalue weighted by Crippen LogP contribution is -2.07. The zero-order chi connectivity index (χ0) is 13.7. The van der Waals surface area contributed by atoms with Gasteiger partial charge < -0.3 is 0 Å². The summed E-state index contributed by atoms with van der Waals surface area (Å²) < 4.78 is 0. The Balaban J connectivity index is 2.17. The molecule has 19 heavy (non-hydrogen) atoms. The minimum atomic E-state index is 0.173. The lowest BCUT2D eigenvalue weighted by Gasteiger charge is -2.16. The Labute approximate surface area is 119 Å². The van der Waals surface area contributed by atoms with Gasteiger partial charge in [0.25, 0.3) is 0 Å². The molecule has 0 saturated carbocycles. The maximum absolute atomic E-state index is 12.3. The Morgan fingerprint density at radius 1 is 1.05 bits per heavy atom. The second-order valence-electron chi connectivity index (χ2n) is 4.62. The van der Waals surface area contributed by atoms with E-state index in [9.17, 15) is 4.79 Å². The fourth-order valence-electron chi connectivity index (χ4n) is 2.25. The van der Waals surface area contributed by atoms with E-state index in [-0.39, 0.29) is 11.7 Å². The summed E-state index contributed by atoms with van der Waals surface area (Å²) in [7, 11) is 0. The lowest BCUT2D eigenvalue weighted by atomic mass is 9.89. The standard InChI is InChI=1S/C17H17ClO/c1-2-13(15-10-6-7-11-16(15)18)12-17(19)14-8-4-3-5-9-14/h3-11,13H,2,12H2,1H3. The van der Waals surface area contributed by atoms with Crippen molar-refractivity contribution in [2.75, 3.05) is 0 Å². The Hall–Kier alpha value is -1.60. The molecule has 0 heterocycles. The molecule has 1 unspecified atom stereocenters. The quantitative estimate of drug-likeness (QED) is 0.692. The highest BCUT2D eigenvalue weighted by atomic mass is 35.5. The largest absolute Gasteiger partial charge is 0.294 e. The number of carbonyl (C=O) groups excluding carboxylic acids is 1. The molecule has 1 atom stereocenters. The van der Waals surface area contributed by atoms with Crippen LogP contribution in [-0.2, 0) is 0 Å². The molecular formula is C17H17ClO. The summed E-state index contributed by atoms with van der Waals surface area (Å²) in [6.45, 7) is 2.09. The van der Waals surface area contributed by atoms with Crippen molar-refractivity contribution in [2.24, 2.45) is 0 Å². The van der Waals surface area contributed by atoms with Gasteiger partial charge in [-0.25, -0.2) is 0 Å². The van der Waals surface area contributed by atoms with Gasteiger partial charge >= 0.3 is 0 Å². The highest BCUT2D eigenvalue weighted by molar-refractivity contribution is 6.31. The molecular weight excluding hydrogens is 256 g/mol. The lowest BCUT2D eigenvalue weighted by molar-refractivity contribution is 0.0973.